The van der Waals surface area contributed by atoms with Gasteiger partial charge < -0.3 is 9.64 Å². The Morgan fingerprint density at radius 3 is 2.56 bits per heavy atom. The second-order valence-corrected chi connectivity index (χ2v) is 8.33. The van der Waals surface area contributed by atoms with E-state index in [0.29, 0.717) is 36.5 Å². The van der Waals surface area contributed by atoms with Gasteiger partial charge in [-0.25, -0.2) is 8.42 Å². The second-order valence-electron chi connectivity index (χ2n) is 6.61. The molecule has 0 saturated carbocycles. The van der Waals surface area contributed by atoms with Crippen LogP contribution >= 0.6 is 0 Å². The SMILES string of the molecule is CCC(=O)N1CCc2ccc(NS(=O)(=O)Cc3ccc(OC)cc3)cc2C1. The van der Waals surface area contributed by atoms with Gasteiger partial charge in [0.05, 0.1) is 12.9 Å². The van der Waals surface area contributed by atoms with Crippen LogP contribution in [0.1, 0.15) is 30.0 Å². The number of ether oxygens (including phenoxy) is 1. The number of methoxy groups -OCH3 is 1. The molecule has 0 radical (unpaired) electrons. The van der Waals surface area contributed by atoms with E-state index < -0.39 is 10.0 Å². The fraction of sp³-hybridized carbons (Fsp3) is 0.350. The van der Waals surface area contributed by atoms with Gasteiger partial charge in [0, 0.05) is 25.2 Å². The van der Waals surface area contributed by atoms with Crippen molar-refractivity contribution in [2.75, 3.05) is 18.4 Å². The summed E-state index contributed by atoms with van der Waals surface area (Å²) in [4.78, 5) is 13.8. The van der Waals surface area contributed by atoms with Crippen LogP contribution in [0.2, 0.25) is 0 Å². The number of carbonyl (C=O) groups excluding carboxylic acids is 1. The average molecular weight is 388 g/mol. The van der Waals surface area contributed by atoms with Crippen LogP contribution in [0.3, 0.4) is 0 Å². The molecule has 1 aliphatic rings. The number of carbonyl (C=O) groups is 1. The van der Waals surface area contributed by atoms with Crippen LogP contribution in [0.5, 0.6) is 5.75 Å². The van der Waals surface area contributed by atoms with Crippen molar-refractivity contribution in [1.29, 1.82) is 0 Å². The van der Waals surface area contributed by atoms with Crippen molar-refractivity contribution in [3.63, 3.8) is 0 Å². The van der Waals surface area contributed by atoms with Crippen molar-refractivity contribution in [2.24, 2.45) is 0 Å². The van der Waals surface area contributed by atoms with E-state index in [1.165, 1.54) is 0 Å². The number of nitrogens with one attached hydrogen (secondary N) is 1. The fourth-order valence-corrected chi connectivity index (χ4v) is 4.40. The van der Waals surface area contributed by atoms with E-state index in [4.69, 9.17) is 4.74 Å². The smallest absolute Gasteiger partial charge is 0.236 e. The number of fused-ring (bicyclic) bond motifs is 1. The Kier molecular flexibility index (Phi) is 5.70. The van der Waals surface area contributed by atoms with E-state index in [1.807, 2.05) is 24.0 Å². The summed E-state index contributed by atoms with van der Waals surface area (Å²) < 4.78 is 32.7. The molecule has 0 saturated heterocycles. The van der Waals surface area contributed by atoms with Gasteiger partial charge in [-0.3, -0.25) is 9.52 Å². The summed E-state index contributed by atoms with van der Waals surface area (Å²) in [6.45, 7) is 3.08. The number of benzene rings is 2. The maximum Gasteiger partial charge on any atom is 0.236 e. The summed E-state index contributed by atoms with van der Waals surface area (Å²) in [5.41, 5.74) is 3.36. The molecular formula is C20H24N2O4S. The van der Waals surface area contributed by atoms with Crippen LogP contribution in [-0.4, -0.2) is 32.9 Å². The minimum Gasteiger partial charge on any atom is -0.497 e. The maximum absolute atomic E-state index is 12.5. The summed E-state index contributed by atoms with van der Waals surface area (Å²) in [7, 11) is -1.97. The summed E-state index contributed by atoms with van der Waals surface area (Å²) in [6.07, 6.45) is 1.27. The van der Waals surface area contributed by atoms with Gasteiger partial charge in [-0.1, -0.05) is 25.1 Å². The second kappa shape index (κ2) is 8.00. The Labute approximate surface area is 160 Å². The monoisotopic (exact) mass is 388 g/mol. The average Bonchev–Trinajstić information content (AvgIpc) is 2.66. The number of hydrogen-bond acceptors (Lipinski definition) is 4. The first-order chi connectivity index (χ1) is 12.9. The first-order valence-corrected chi connectivity index (χ1v) is 10.6. The molecule has 0 unspecified atom stereocenters. The molecule has 27 heavy (non-hydrogen) atoms. The number of rotatable bonds is 6. The zero-order valence-electron chi connectivity index (χ0n) is 15.6. The highest BCUT2D eigenvalue weighted by Gasteiger charge is 2.20. The first kappa shape index (κ1) is 19.2. The molecule has 0 aliphatic carbocycles. The van der Waals surface area contributed by atoms with Crippen molar-refractivity contribution < 1.29 is 17.9 Å². The lowest BCUT2D eigenvalue weighted by Crippen LogP contribution is -2.35. The van der Waals surface area contributed by atoms with E-state index in [1.54, 1.807) is 37.4 Å². The normalized spacial score (nSPS) is 13.8. The lowest BCUT2D eigenvalue weighted by atomic mass is 9.99. The maximum atomic E-state index is 12.5. The Morgan fingerprint density at radius 1 is 1.15 bits per heavy atom. The van der Waals surface area contributed by atoms with Crippen LogP contribution in [-0.2, 0) is 33.5 Å². The predicted molar refractivity (Wildman–Crippen MR) is 105 cm³/mol. The van der Waals surface area contributed by atoms with Gasteiger partial charge in [0.2, 0.25) is 15.9 Å². The zero-order chi connectivity index (χ0) is 19.4. The molecule has 0 fully saturated rings. The fourth-order valence-electron chi connectivity index (χ4n) is 3.21. The largest absolute Gasteiger partial charge is 0.497 e. The molecule has 2 aromatic rings. The van der Waals surface area contributed by atoms with Crippen molar-refractivity contribution in [3.8, 4) is 5.75 Å². The van der Waals surface area contributed by atoms with E-state index in [0.717, 1.165) is 17.5 Å². The Morgan fingerprint density at radius 2 is 1.89 bits per heavy atom. The van der Waals surface area contributed by atoms with E-state index in [-0.39, 0.29) is 11.7 Å². The van der Waals surface area contributed by atoms with E-state index in [9.17, 15) is 13.2 Å². The van der Waals surface area contributed by atoms with Gasteiger partial charge in [-0.05, 0) is 47.4 Å². The molecule has 0 bridgehead atoms. The van der Waals surface area contributed by atoms with Gasteiger partial charge >= 0.3 is 0 Å². The highest BCUT2D eigenvalue weighted by molar-refractivity contribution is 7.91. The third kappa shape index (κ3) is 4.80. The van der Waals surface area contributed by atoms with Gasteiger partial charge in [-0.15, -0.1) is 0 Å². The van der Waals surface area contributed by atoms with Crippen molar-refractivity contribution in [3.05, 3.63) is 59.2 Å². The van der Waals surface area contributed by atoms with Crippen molar-refractivity contribution in [2.45, 2.75) is 32.1 Å². The number of nitrogens with zero attached hydrogens (tertiary/aromatic N) is 1. The highest BCUT2D eigenvalue weighted by Crippen LogP contribution is 2.24. The zero-order valence-corrected chi connectivity index (χ0v) is 16.4. The third-order valence-corrected chi connectivity index (χ3v) is 5.92. The van der Waals surface area contributed by atoms with E-state index in [2.05, 4.69) is 4.72 Å². The van der Waals surface area contributed by atoms with Gasteiger partial charge in [-0.2, -0.15) is 0 Å². The molecule has 0 aromatic heterocycles. The lowest BCUT2D eigenvalue weighted by molar-refractivity contribution is -0.131. The lowest BCUT2D eigenvalue weighted by Gasteiger charge is -2.29. The van der Waals surface area contributed by atoms with Crippen LogP contribution in [0.25, 0.3) is 0 Å². The Bertz CT molecular complexity index is 923. The quantitative estimate of drug-likeness (QED) is 0.826. The Balaban J connectivity index is 1.72. The molecule has 2 aromatic carbocycles. The standard InChI is InChI=1S/C20H24N2O4S/c1-3-20(23)22-11-10-16-6-7-18(12-17(16)13-22)21-27(24,25)14-15-4-8-19(26-2)9-5-15/h4-9,12,21H,3,10-11,13-14H2,1-2H3. The van der Waals surface area contributed by atoms with Gasteiger partial charge in [0.1, 0.15) is 5.75 Å². The molecule has 1 N–H and O–H groups in total. The highest BCUT2D eigenvalue weighted by atomic mass is 32.2. The molecule has 1 aliphatic heterocycles. The summed E-state index contributed by atoms with van der Waals surface area (Å²) >= 11 is 0. The molecule has 1 amide bonds. The van der Waals surface area contributed by atoms with Crippen molar-refractivity contribution in [1.82, 2.24) is 4.90 Å². The number of amides is 1. The summed E-state index contributed by atoms with van der Waals surface area (Å²) in [6, 6.07) is 12.5. The molecule has 0 atom stereocenters. The molecule has 7 heteroatoms. The number of anilines is 1. The Hall–Kier alpha value is -2.54. The summed E-state index contributed by atoms with van der Waals surface area (Å²) in [5.74, 6) is 0.685. The van der Waals surface area contributed by atoms with Crippen molar-refractivity contribution >= 4 is 21.6 Å². The van der Waals surface area contributed by atoms with E-state index >= 15 is 0 Å². The molecule has 3 rings (SSSR count). The molecule has 144 valence electrons. The minimum atomic E-state index is -3.54. The molecule has 1 heterocycles. The molecular weight excluding hydrogens is 364 g/mol. The first-order valence-electron chi connectivity index (χ1n) is 8.93. The number of hydrogen-bond donors (Lipinski definition) is 1. The molecule has 0 spiro atoms. The van der Waals surface area contributed by atoms with Crippen LogP contribution in [0, 0.1) is 0 Å². The third-order valence-electron chi connectivity index (χ3n) is 4.66. The topological polar surface area (TPSA) is 75.7 Å². The van der Waals surface area contributed by atoms with Crippen LogP contribution < -0.4 is 9.46 Å². The number of sulfonamides is 1. The van der Waals surface area contributed by atoms with Gasteiger partial charge in [0.15, 0.2) is 0 Å². The predicted octanol–water partition coefficient (Wildman–Crippen LogP) is 2.93. The van der Waals surface area contributed by atoms with Crippen LogP contribution in [0.15, 0.2) is 42.5 Å². The minimum absolute atomic E-state index is 0.117. The summed E-state index contributed by atoms with van der Waals surface area (Å²) in [5, 5.41) is 0. The van der Waals surface area contributed by atoms with Crippen LogP contribution in [0.4, 0.5) is 5.69 Å². The molecule has 6 nitrogen and oxygen atoms in total. The van der Waals surface area contributed by atoms with Gasteiger partial charge in [0.25, 0.3) is 0 Å².